The van der Waals surface area contributed by atoms with Crippen LogP contribution in [0.25, 0.3) is 0 Å². The van der Waals surface area contributed by atoms with Gasteiger partial charge in [0.05, 0.1) is 6.61 Å². The van der Waals surface area contributed by atoms with Gasteiger partial charge in [0.15, 0.2) is 0 Å². The van der Waals surface area contributed by atoms with Gasteiger partial charge in [-0.15, -0.1) is 0 Å². The normalized spacial score (nSPS) is 26.1. The van der Waals surface area contributed by atoms with Crippen molar-refractivity contribution in [2.24, 2.45) is 17.3 Å². The van der Waals surface area contributed by atoms with Gasteiger partial charge >= 0.3 is 0 Å². The number of hydrogen-bond acceptors (Lipinski definition) is 2. The quantitative estimate of drug-likeness (QED) is 0.229. The standard InChI is InChI=1S/C30H50O2/c1-23(2)12-8-13-24(3)14-9-15-25(4)16-10-20-30(7)27(6)18-19-28(26(5)22-32)29(30)17-11-21-31/h12,14,16,21,27,29,32H,8-11,13,15,17-20,22H2,1-7H3/b24-14+,25-16+,28-26-/t27-,29-,30-/m1/s1. The molecule has 1 aliphatic rings. The van der Waals surface area contributed by atoms with Crippen molar-refractivity contribution >= 4 is 6.29 Å². The van der Waals surface area contributed by atoms with E-state index in [0.717, 1.165) is 63.2 Å². The largest absolute Gasteiger partial charge is 0.392 e. The van der Waals surface area contributed by atoms with Gasteiger partial charge in [-0.3, -0.25) is 0 Å². The van der Waals surface area contributed by atoms with Crippen molar-refractivity contribution in [3.63, 3.8) is 0 Å². The van der Waals surface area contributed by atoms with Crippen LogP contribution in [0.5, 0.6) is 0 Å². The van der Waals surface area contributed by atoms with Gasteiger partial charge in [-0.25, -0.2) is 0 Å². The van der Waals surface area contributed by atoms with E-state index in [2.05, 4.69) is 66.7 Å². The molecule has 0 saturated heterocycles. The second-order valence-corrected chi connectivity index (χ2v) is 10.7. The molecule has 2 heteroatoms. The molecule has 0 aromatic heterocycles. The van der Waals surface area contributed by atoms with Crippen LogP contribution in [0.1, 0.15) is 113 Å². The summed E-state index contributed by atoms with van der Waals surface area (Å²) >= 11 is 0. The lowest BCUT2D eigenvalue weighted by molar-refractivity contribution is -0.108. The SMILES string of the molecule is CC(C)=CCC/C(C)=C/CC/C(C)=C/CC[C@]1(C)[C@H](C)CC/C(=C(\C)CO)[C@H]1CCC=O. The Kier molecular flexibility index (Phi) is 13.1. The van der Waals surface area contributed by atoms with E-state index in [1.54, 1.807) is 0 Å². The first-order valence-corrected chi connectivity index (χ1v) is 12.8. The summed E-state index contributed by atoms with van der Waals surface area (Å²) in [4.78, 5) is 11.1. The number of hydrogen-bond donors (Lipinski definition) is 1. The molecule has 2 nitrogen and oxygen atoms in total. The van der Waals surface area contributed by atoms with E-state index in [0.29, 0.717) is 18.3 Å². The molecule has 0 aliphatic heterocycles. The predicted octanol–water partition coefficient (Wildman–Crippen LogP) is 8.53. The van der Waals surface area contributed by atoms with Crippen LogP contribution < -0.4 is 0 Å². The minimum Gasteiger partial charge on any atom is -0.392 e. The summed E-state index contributed by atoms with van der Waals surface area (Å²) < 4.78 is 0. The Morgan fingerprint density at radius 2 is 1.56 bits per heavy atom. The third kappa shape index (κ3) is 9.22. The minimum absolute atomic E-state index is 0.137. The van der Waals surface area contributed by atoms with Crippen LogP contribution in [-0.2, 0) is 4.79 Å². The minimum atomic E-state index is 0.137. The lowest BCUT2D eigenvalue weighted by Crippen LogP contribution is -2.39. The first kappa shape index (κ1) is 28.6. The van der Waals surface area contributed by atoms with Gasteiger partial charge in [-0.1, -0.05) is 54.4 Å². The molecule has 1 N–H and O–H groups in total. The van der Waals surface area contributed by atoms with Crippen LogP contribution in [-0.4, -0.2) is 18.0 Å². The number of aldehydes is 1. The Labute approximate surface area is 199 Å². The van der Waals surface area contributed by atoms with Crippen molar-refractivity contribution in [1.82, 2.24) is 0 Å². The summed E-state index contributed by atoms with van der Waals surface area (Å²) in [5, 5.41) is 9.76. The Morgan fingerprint density at radius 1 is 0.969 bits per heavy atom. The fraction of sp³-hybridized carbons (Fsp3) is 0.700. The first-order valence-electron chi connectivity index (χ1n) is 12.8. The Balaban J connectivity index is 2.73. The summed E-state index contributed by atoms with van der Waals surface area (Å²) in [6.45, 7) is 15.9. The Morgan fingerprint density at radius 3 is 2.12 bits per heavy atom. The van der Waals surface area contributed by atoms with E-state index < -0.39 is 0 Å². The molecule has 0 unspecified atom stereocenters. The van der Waals surface area contributed by atoms with Crippen molar-refractivity contribution in [1.29, 1.82) is 0 Å². The molecule has 0 radical (unpaired) electrons. The van der Waals surface area contributed by atoms with Gasteiger partial charge < -0.3 is 9.90 Å². The highest BCUT2D eigenvalue weighted by atomic mass is 16.3. The van der Waals surface area contributed by atoms with Gasteiger partial charge in [0.1, 0.15) is 6.29 Å². The number of allylic oxidation sites excluding steroid dienone is 7. The highest BCUT2D eigenvalue weighted by Crippen LogP contribution is 2.53. The molecule has 3 atom stereocenters. The van der Waals surface area contributed by atoms with Gasteiger partial charge in [-0.2, -0.15) is 0 Å². The van der Waals surface area contributed by atoms with Crippen molar-refractivity contribution < 1.29 is 9.90 Å². The second-order valence-electron chi connectivity index (χ2n) is 10.7. The van der Waals surface area contributed by atoms with Crippen molar-refractivity contribution in [3.05, 3.63) is 46.1 Å². The molecule has 0 aromatic rings. The zero-order valence-electron chi connectivity index (χ0n) is 22.1. The smallest absolute Gasteiger partial charge is 0.120 e. The summed E-state index contributed by atoms with van der Waals surface area (Å²) in [6.07, 6.45) is 18.8. The zero-order chi connectivity index (χ0) is 24.1. The lowest BCUT2D eigenvalue weighted by atomic mass is 9.56. The maximum Gasteiger partial charge on any atom is 0.120 e. The van der Waals surface area contributed by atoms with E-state index in [-0.39, 0.29) is 12.0 Å². The van der Waals surface area contributed by atoms with Crippen LogP contribution >= 0.6 is 0 Å². The van der Waals surface area contributed by atoms with Gasteiger partial charge in [-0.05, 0) is 115 Å². The van der Waals surface area contributed by atoms with Crippen molar-refractivity contribution in [2.75, 3.05) is 6.61 Å². The monoisotopic (exact) mass is 442 g/mol. The lowest BCUT2D eigenvalue weighted by Gasteiger charge is -2.49. The van der Waals surface area contributed by atoms with E-state index in [4.69, 9.17) is 0 Å². The molecule has 0 heterocycles. The second kappa shape index (κ2) is 14.7. The van der Waals surface area contributed by atoms with Crippen LogP contribution in [0, 0.1) is 17.3 Å². The maximum absolute atomic E-state index is 11.1. The summed E-state index contributed by atoms with van der Waals surface area (Å²) in [5.74, 6) is 1.04. The molecule has 0 bridgehead atoms. The third-order valence-corrected chi connectivity index (χ3v) is 7.85. The van der Waals surface area contributed by atoms with Crippen LogP contribution in [0.4, 0.5) is 0 Å². The summed E-state index contributed by atoms with van der Waals surface area (Å²) in [6, 6.07) is 0. The Bertz CT molecular complexity index is 702. The number of carbonyl (C=O) groups is 1. The van der Waals surface area contributed by atoms with Gasteiger partial charge in [0.25, 0.3) is 0 Å². The number of aliphatic hydroxyl groups is 1. The average molecular weight is 443 g/mol. The van der Waals surface area contributed by atoms with Crippen molar-refractivity contribution in [2.45, 2.75) is 113 Å². The maximum atomic E-state index is 11.1. The molecule has 1 fully saturated rings. The molecule has 1 rings (SSSR count). The van der Waals surface area contributed by atoms with E-state index in [1.807, 2.05) is 0 Å². The molecule has 0 aromatic carbocycles. The molecule has 182 valence electrons. The van der Waals surface area contributed by atoms with E-state index in [1.165, 1.54) is 28.7 Å². The summed E-state index contributed by atoms with van der Waals surface area (Å²) in [5.41, 5.74) is 7.11. The number of rotatable bonds is 13. The van der Waals surface area contributed by atoms with Gasteiger partial charge in [0, 0.05) is 6.42 Å². The van der Waals surface area contributed by atoms with Crippen LogP contribution in [0.3, 0.4) is 0 Å². The van der Waals surface area contributed by atoms with E-state index in [9.17, 15) is 9.90 Å². The average Bonchev–Trinajstić information content (AvgIpc) is 2.74. The highest BCUT2D eigenvalue weighted by Gasteiger charge is 2.43. The molecule has 32 heavy (non-hydrogen) atoms. The highest BCUT2D eigenvalue weighted by molar-refractivity contribution is 5.49. The summed E-state index contributed by atoms with van der Waals surface area (Å²) in [7, 11) is 0. The number of carbonyl (C=O) groups excluding carboxylic acids is 1. The molecule has 0 amide bonds. The molecule has 1 saturated carbocycles. The zero-order valence-corrected chi connectivity index (χ0v) is 22.1. The fourth-order valence-electron chi connectivity index (χ4n) is 5.36. The third-order valence-electron chi connectivity index (χ3n) is 7.85. The first-order chi connectivity index (χ1) is 15.2. The number of aliphatic hydroxyl groups excluding tert-OH is 1. The van der Waals surface area contributed by atoms with Crippen LogP contribution in [0.2, 0.25) is 0 Å². The molecular weight excluding hydrogens is 392 g/mol. The Hall–Kier alpha value is -1.41. The molecular formula is C30H50O2. The molecule has 0 spiro atoms. The van der Waals surface area contributed by atoms with Crippen molar-refractivity contribution in [3.8, 4) is 0 Å². The van der Waals surface area contributed by atoms with Crippen LogP contribution in [0.15, 0.2) is 46.1 Å². The fourth-order valence-corrected chi connectivity index (χ4v) is 5.36. The molecule has 1 aliphatic carbocycles. The predicted molar refractivity (Wildman–Crippen MR) is 140 cm³/mol. The topological polar surface area (TPSA) is 37.3 Å². The van der Waals surface area contributed by atoms with Gasteiger partial charge in [0.2, 0.25) is 0 Å². The van der Waals surface area contributed by atoms with E-state index >= 15 is 0 Å².